The third kappa shape index (κ3) is 34.3. The van der Waals surface area contributed by atoms with Crippen LogP contribution >= 0.6 is 0 Å². The number of hydrogen-bond acceptors (Lipinski definition) is 13. The fourth-order valence-electron chi connectivity index (χ4n) is 2.44. The first kappa shape index (κ1) is 39.2. The minimum atomic E-state index is -0.642. The van der Waals surface area contributed by atoms with E-state index in [1.165, 1.54) is 0 Å². The summed E-state index contributed by atoms with van der Waals surface area (Å²) in [6.07, 6.45) is -1.28. The van der Waals surface area contributed by atoms with Crippen molar-refractivity contribution >= 4 is 12.2 Å². The van der Waals surface area contributed by atoms with Crippen LogP contribution in [0, 0.1) is 0 Å². The van der Waals surface area contributed by atoms with Gasteiger partial charge in [0.1, 0.15) is 11.2 Å². The lowest BCUT2D eigenvalue weighted by molar-refractivity contribution is -0.0397. The highest BCUT2D eigenvalue weighted by Gasteiger charge is 2.16. The fraction of sp³-hybridized carbons (Fsp3) is 0.923. The summed E-state index contributed by atoms with van der Waals surface area (Å²) >= 11 is 0. The van der Waals surface area contributed by atoms with Gasteiger partial charge in [0.05, 0.1) is 106 Å². The van der Waals surface area contributed by atoms with Crippen molar-refractivity contribution in [2.24, 2.45) is 0 Å². The molecule has 0 unspecified atom stereocenters. The average Bonchev–Trinajstić information content (AvgIpc) is 2.86. The third-order valence-corrected chi connectivity index (χ3v) is 4.00. The molecule has 15 heteroatoms. The molecular weight excluding hydrogens is 548 g/mol. The van der Waals surface area contributed by atoms with Gasteiger partial charge in [0.25, 0.3) is 0 Å². The highest BCUT2D eigenvalue weighted by atomic mass is 16.7. The Hall–Kier alpha value is -1.82. The van der Waals surface area contributed by atoms with Crippen molar-refractivity contribution in [2.75, 3.05) is 106 Å². The highest BCUT2D eigenvalue weighted by molar-refractivity contribution is 5.66. The minimum absolute atomic E-state index is 0.202. The van der Waals surface area contributed by atoms with Crippen LogP contribution in [0.4, 0.5) is 9.59 Å². The largest absolute Gasteiger partial charge is 0.442 e. The van der Waals surface area contributed by atoms with Gasteiger partial charge in [-0.2, -0.15) is 11.0 Å². The highest BCUT2D eigenvalue weighted by Crippen LogP contribution is 2.06. The summed E-state index contributed by atoms with van der Waals surface area (Å²) in [5, 5.41) is 0. The molecule has 41 heavy (non-hydrogen) atoms. The summed E-state index contributed by atoms with van der Waals surface area (Å²) in [7, 11) is 0. The molecule has 0 rings (SSSR count). The van der Waals surface area contributed by atoms with Gasteiger partial charge >= 0.3 is 12.2 Å². The van der Waals surface area contributed by atoms with Gasteiger partial charge in [-0.15, -0.1) is 0 Å². The van der Waals surface area contributed by atoms with Crippen LogP contribution in [0.25, 0.3) is 0 Å². The van der Waals surface area contributed by atoms with E-state index in [1.54, 1.807) is 41.5 Å². The summed E-state index contributed by atoms with van der Waals surface area (Å²) in [6.45, 7) is 17.0. The van der Waals surface area contributed by atoms with Gasteiger partial charge in [0, 0.05) is 0 Å². The summed E-state index contributed by atoms with van der Waals surface area (Å²) in [6, 6.07) is 0. The number of ether oxygens (including phenoxy) is 9. The lowest BCUT2D eigenvalue weighted by Crippen LogP contribution is -2.33. The summed E-state index contributed by atoms with van der Waals surface area (Å²) in [5.74, 6) is 0. The maximum Gasteiger partial charge on any atom is 0.431 e. The topological polar surface area (TPSA) is 160 Å². The Balaban J connectivity index is 3.16. The Morgan fingerprint density at radius 3 is 0.780 bits per heavy atom. The number of nitrogens with one attached hydrogen (secondary N) is 2. The van der Waals surface area contributed by atoms with Crippen molar-refractivity contribution in [3.8, 4) is 0 Å². The molecule has 244 valence electrons. The summed E-state index contributed by atoms with van der Waals surface area (Å²) in [4.78, 5) is 32.6. The molecule has 15 nitrogen and oxygen atoms in total. The molecule has 0 atom stereocenters. The Bertz CT molecular complexity index is 575. The van der Waals surface area contributed by atoms with Gasteiger partial charge in [-0.1, -0.05) is 0 Å². The van der Waals surface area contributed by atoms with Crippen molar-refractivity contribution in [1.82, 2.24) is 11.0 Å². The standard InChI is InChI=1S/C26H52N2O13/c1-25(2,3)40-23(29)27-38-21-19-36-17-15-34-13-11-32-9-7-31-8-10-33-12-14-35-16-18-37-20-22-39-28-24(30)41-26(4,5)6/h7-22H2,1-6H3,(H,27,29)(H,28,30). The smallest absolute Gasteiger partial charge is 0.431 e. The molecule has 0 saturated carbocycles. The monoisotopic (exact) mass is 600 g/mol. The molecule has 0 bridgehead atoms. The van der Waals surface area contributed by atoms with Crippen LogP contribution in [-0.2, 0) is 52.3 Å². The van der Waals surface area contributed by atoms with E-state index < -0.39 is 23.4 Å². The second-order valence-electron chi connectivity index (χ2n) is 10.2. The van der Waals surface area contributed by atoms with Crippen LogP contribution in [0.3, 0.4) is 0 Å². The molecule has 0 spiro atoms. The molecule has 0 aliphatic rings. The summed E-state index contributed by atoms with van der Waals surface area (Å²) in [5.41, 5.74) is 3.21. The normalized spacial score (nSPS) is 11.9. The molecular formula is C26H52N2O13. The van der Waals surface area contributed by atoms with Crippen molar-refractivity contribution in [3.05, 3.63) is 0 Å². The second kappa shape index (κ2) is 25.9. The van der Waals surface area contributed by atoms with E-state index in [1.807, 2.05) is 0 Å². The Morgan fingerprint density at radius 1 is 0.390 bits per heavy atom. The first-order chi connectivity index (χ1) is 19.5. The maximum absolute atomic E-state index is 11.4. The van der Waals surface area contributed by atoms with Crippen LogP contribution in [0.1, 0.15) is 41.5 Å². The molecule has 0 aromatic rings. The molecule has 0 aromatic carbocycles. The van der Waals surface area contributed by atoms with E-state index in [4.69, 9.17) is 52.3 Å². The van der Waals surface area contributed by atoms with E-state index in [9.17, 15) is 9.59 Å². The van der Waals surface area contributed by atoms with Crippen LogP contribution in [-0.4, -0.2) is 129 Å². The predicted octanol–water partition coefficient (Wildman–Crippen LogP) is 2.02. The van der Waals surface area contributed by atoms with E-state index in [-0.39, 0.29) is 13.2 Å². The molecule has 0 radical (unpaired) electrons. The van der Waals surface area contributed by atoms with E-state index in [0.717, 1.165) is 0 Å². The lowest BCUT2D eigenvalue weighted by atomic mass is 10.2. The van der Waals surface area contributed by atoms with Crippen LogP contribution in [0.2, 0.25) is 0 Å². The van der Waals surface area contributed by atoms with Crippen molar-refractivity contribution in [2.45, 2.75) is 52.7 Å². The minimum Gasteiger partial charge on any atom is -0.442 e. The molecule has 0 aliphatic carbocycles. The van der Waals surface area contributed by atoms with Gasteiger partial charge < -0.3 is 42.6 Å². The maximum atomic E-state index is 11.4. The number of rotatable bonds is 26. The Kier molecular flexibility index (Phi) is 24.7. The zero-order chi connectivity index (χ0) is 30.7. The third-order valence-electron chi connectivity index (χ3n) is 4.00. The van der Waals surface area contributed by atoms with Crippen molar-refractivity contribution in [3.63, 3.8) is 0 Å². The predicted molar refractivity (Wildman–Crippen MR) is 146 cm³/mol. The quantitative estimate of drug-likeness (QED) is 0.110. The molecule has 2 N–H and O–H groups in total. The van der Waals surface area contributed by atoms with Crippen molar-refractivity contribution in [1.29, 1.82) is 0 Å². The van der Waals surface area contributed by atoms with Gasteiger partial charge in [0.15, 0.2) is 0 Å². The molecule has 0 aliphatic heterocycles. The van der Waals surface area contributed by atoms with Gasteiger partial charge in [-0.3, -0.25) is 9.68 Å². The lowest BCUT2D eigenvalue weighted by Gasteiger charge is -2.19. The van der Waals surface area contributed by atoms with Crippen LogP contribution < -0.4 is 11.0 Å². The van der Waals surface area contributed by atoms with Crippen molar-refractivity contribution < 1.29 is 61.9 Å². The first-order valence-corrected chi connectivity index (χ1v) is 13.8. The Morgan fingerprint density at radius 2 is 0.585 bits per heavy atom. The average molecular weight is 601 g/mol. The van der Waals surface area contributed by atoms with E-state index in [2.05, 4.69) is 11.0 Å². The number of hydrogen-bond donors (Lipinski definition) is 2. The number of carbonyl (C=O) groups excluding carboxylic acids is 2. The Labute approximate surface area is 243 Å². The molecule has 0 saturated heterocycles. The molecule has 2 amide bonds. The van der Waals surface area contributed by atoms with Crippen LogP contribution in [0.5, 0.6) is 0 Å². The molecule has 0 heterocycles. The number of hydroxylamine groups is 2. The van der Waals surface area contributed by atoms with E-state index >= 15 is 0 Å². The van der Waals surface area contributed by atoms with Gasteiger partial charge in [-0.05, 0) is 41.5 Å². The first-order valence-electron chi connectivity index (χ1n) is 13.8. The second-order valence-corrected chi connectivity index (χ2v) is 10.2. The number of amides is 2. The fourth-order valence-corrected chi connectivity index (χ4v) is 2.44. The SMILES string of the molecule is CC(C)(C)OC(=O)NOCCOCCOCCOCCOCCOCCOCCOCCONC(=O)OC(C)(C)C. The molecule has 0 fully saturated rings. The molecule has 0 aromatic heterocycles. The zero-order valence-electron chi connectivity index (χ0n) is 25.6. The number of carbonyl (C=O) groups is 2. The summed E-state index contributed by atoms with van der Waals surface area (Å²) < 4.78 is 47.8. The van der Waals surface area contributed by atoms with Gasteiger partial charge in [-0.25, -0.2) is 9.59 Å². The van der Waals surface area contributed by atoms with E-state index in [0.29, 0.717) is 92.5 Å². The van der Waals surface area contributed by atoms with Crippen LogP contribution in [0.15, 0.2) is 0 Å². The zero-order valence-corrected chi connectivity index (χ0v) is 25.6. The van der Waals surface area contributed by atoms with Gasteiger partial charge in [0.2, 0.25) is 0 Å².